The van der Waals surface area contributed by atoms with Crippen LogP contribution < -0.4 is 10.6 Å². The van der Waals surface area contributed by atoms with Gasteiger partial charge in [0.05, 0.1) is 12.7 Å². The van der Waals surface area contributed by atoms with Crippen LogP contribution >= 0.6 is 0 Å². The van der Waals surface area contributed by atoms with Crippen molar-refractivity contribution in [3.05, 3.63) is 72.2 Å². The van der Waals surface area contributed by atoms with Gasteiger partial charge >= 0.3 is 0 Å². The van der Waals surface area contributed by atoms with E-state index in [9.17, 15) is 4.79 Å². The van der Waals surface area contributed by atoms with Gasteiger partial charge in [0, 0.05) is 43.8 Å². The Bertz CT molecular complexity index is 940. The van der Waals surface area contributed by atoms with Gasteiger partial charge in [-0.05, 0) is 24.6 Å². The molecular formula is C21H24N6O. The normalized spacial score (nSPS) is 17.0. The summed E-state index contributed by atoms with van der Waals surface area (Å²) in [5.41, 5.74) is 8.95. The van der Waals surface area contributed by atoms with E-state index in [1.54, 1.807) is 23.3 Å². The Kier molecular flexibility index (Phi) is 4.97. The fourth-order valence-corrected chi connectivity index (χ4v) is 3.65. The average molecular weight is 376 g/mol. The molecule has 0 spiro atoms. The predicted molar refractivity (Wildman–Crippen MR) is 109 cm³/mol. The molecule has 7 heteroatoms. The van der Waals surface area contributed by atoms with Gasteiger partial charge in [-0.15, -0.1) is 0 Å². The van der Waals surface area contributed by atoms with Crippen LogP contribution in [0.2, 0.25) is 0 Å². The van der Waals surface area contributed by atoms with Gasteiger partial charge in [-0.25, -0.2) is 4.68 Å². The number of nitrogens with zero attached hydrogens (tertiary/aromatic N) is 5. The van der Waals surface area contributed by atoms with Gasteiger partial charge in [-0.3, -0.25) is 9.78 Å². The van der Waals surface area contributed by atoms with E-state index >= 15 is 0 Å². The van der Waals surface area contributed by atoms with Crippen molar-refractivity contribution in [3.63, 3.8) is 0 Å². The summed E-state index contributed by atoms with van der Waals surface area (Å²) < 4.78 is 1.68. The average Bonchev–Trinajstić information content (AvgIpc) is 3.09. The summed E-state index contributed by atoms with van der Waals surface area (Å²) in [6.45, 7) is 4.80. The van der Waals surface area contributed by atoms with Crippen LogP contribution in [0.15, 0.2) is 61.1 Å². The van der Waals surface area contributed by atoms with Crippen molar-refractivity contribution in [1.82, 2.24) is 19.7 Å². The summed E-state index contributed by atoms with van der Waals surface area (Å²) in [5.74, 6) is 0.358. The zero-order chi connectivity index (χ0) is 19.5. The van der Waals surface area contributed by atoms with Crippen LogP contribution in [0, 0.1) is 0 Å². The maximum absolute atomic E-state index is 13.1. The Hall–Kier alpha value is -3.35. The van der Waals surface area contributed by atoms with Crippen molar-refractivity contribution in [3.8, 4) is 0 Å². The lowest BCUT2D eigenvalue weighted by Gasteiger charge is -2.40. The lowest BCUT2D eigenvalue weighted by atomic mass is 10.1. The lowest BCUT2D eigenvalue weighted by Crippen LogP contribution is -2.54. The van der Waals surface area contributed by atoms with Crippen molar-refractivity contribution in [1.29, 1.82) is 0 Å². The highest BCUT2D eigenvalue weighted by Crippen LogP contribution is 2.22. The number of benzene rings is 1. The first kappa shape index (κ1) is 18.0. The molecule has 28 heavy (non-hydrogen) atoms. The summed E-state index contributed by atoms with van der Waals surface area (Å²) in [5, 5.41) is 4.34. The second-order valence-electron chi connectivity index (χ2n) is 7.09. The molecule has 1 aromatic carbocycles. The Morgan fingerprint density at radius 2 is 1.89 bits per heavy atom. The molecule has 1 amide bonds. The summed E-state index contributed by atoms with van der Waals surface area (Å²) in [6, 6.07) is 14.0. The zero-order valence-corrected chi connectivity index (χ0v) is 15.9. The van der Waals surface area contributed by atoms with Gasteiger partial charge in [-0.1, -0.05) is 30.3 Å². The standard InChI is InChI=1S/C21H24N6O/c1-16-14-25(18-7-9-23-10-8-18)11-12-26(16)21(28)19-13-24-27(20(19)22)15-17-5-3-2-4-6-17/h2-10,13,16H,11-12,14-15,22H2,1H3. The number of anilines is 2. The highest BCUT2D eigenvalue weighted by atomic mass is 16.2. The minimum Gasteiger partial charge on any atom is -0.383 e. The highest BCUT2D eigenvalue weighted by Gasteiger charge is 2.30. The zero-order valence-electron chi connectivity index (χ0n) is 15.9. The number of carbonyl (C=O) groups is 1. The number of nitrogen functional groups attached to an aromatic ring is 1. The van der Waals surface area contributed by atoms with Crippen LogP contribution in [0.25, 0.3) is 0 Å². The van der Waals surface area contributed by atoms with Crippen LogP contribution in [0.4, 0.5) is 11.5 Å². The van der Waals surface area contributed by atoms with Crippen molar-refractivity contribution < 1.29 is 4.79 Å². The molecule has 144 valence electrons. The fraction of sp³-hybridized carbons (Fsp3) is 0.286. The largest absolute Gasteiger partial charge is 0.383 e. The summed E-state index contributed by atoms with van der Waals surface area (Å²) in [7, 11) is 0. The smallest absolute Gasteiger partial charge is 0.259 e. The molecule has 1 aliphatic rings. The Labute approximate surface area is 164 Å². The van der Waals surface area contributed by atoms with Crippen LogP contribution in [0.1, 0.15) is 22.8 Å². The molecule has 1 unspecified atom stereocenters. The molecule has 0 bridgehead atoms. The molecule has 1 saturated heterocycles. The van der Waals surface area contributed by atoms with E-state index in [0.29, 0.717) is 24.5 Å². The lowest BCUT2D eigenvalue weighted by molar-refractivity contribution is 0.0675. The SMILES string of the molecule is CC1CN(c2ccncc2)CCN1C(=O)c1cnn(Cc2ccccc2)c1N. The van der Waals surface area contributed by atoms with Crippen LogP contribution in [-0.4, -0.2) is 51.2 Å². The quantitative estimate of drug-likeness (QED) is 0.755. The first-order chi connectivity index (χ1) is 13.6. The Morgan fingerprint density at radius 3 is 2.61 bits per heavy atom. The van der Waals surface area contributed by atoms with E-state index in [2.05, 4.69) is 21.9 Å². The van der Waals surface area contributed by atoms with Gasteiger partial charge in [0.15, 0.2) is 0 Å². The van der Waals surface area contributed by atoms with Crippen molar-refractivity contribution >= 4 is 17.4 Å². The van der Waals surface area contributed by atoms with E-state index < -0.39 is 0 Å². The maximum Gasteiger partial charge on any atom is 0.259 e. The van der Waals surface area contributed by atoms with E-state index in [1.165, 1.54) is 0 Å². The van der Waals surface area contributed by atoms with Crippen molar-refractivity contribution in [2.75, 3.05) is 30.3 Å². The molecule has 2 aromatic heterocycles. The van der Waals surface area contributed by atoms with Crippen molar-refractivity contribution in [2.24, 2.45) is 0 Å². The Morgan fingerprint density at radius 1 is 1.14 bits per heavy atom. The van der Waals surface area contributed by atoms with Gasteiger partial charge in [0.25, 0.3) is 5.91 Å². The van der Waals surface area contributed by atoms with Crippen LogP contribution in [0.5, 0.6) is 0 Å². The summed E-state index contributed by atoms with van der Waals surface area (Å²) in [4.78, 5) is 21.3. The number of piperazine rings is 1. The predicted octanol–water partition coefficient (Wildman–Crippen LogP) is 2.26. The number of nitrogens with two attached hydrogens (primary N) is 1. The van der Waals surface area contributed by atoms with Gasteiger partial charge in [0.2, 0.25) is 0 Å². The molecule has 0 radical (unpaired) electrons. The first-order valence-electron chi connectivity index (χ1n) is 9.44. The van der Waals surface area contributed by atoms with Crippen LogP contribution in [0.3, 0.4) is 0 Å². The van der Waals surface area contributed by atoms with E-state index in [1.807, 2.05) is 47.4 Å². The fourth-order valence-electron chi connectivity index (χ4n) is 3.65. The molecule has 1 atom stereocenters. The molecular weight excluding hydrogens is 352 g/mol. The van der Waals surface area contributed by atoms with Crippen molar-refractivity contribution in [2.45, 2.75) is 19.5 Å². The number of carbonyl (C=O) groups excluding carboxylic acids is 1. The molecule has 1 aliphatic heterocycles. The monoisotopic (exact) mass is 376 g/mol. The summed E-state index contributed by atoms with van der Waals surface area (Å²) in [6.07, 6.45) is 5.17. The Balaban J connectivity index is 1.46. The van der Waals surface area contributed by atoms with E-state index in [-0.39, 0.29) is 11.9 Å². The third-order valence-corrected chi connectivity index (χ3v) is 5.20. The minimum absolute atomic E-state index is 0.0568. The molecule has 0 saturated carbocycles. The number of hydrogen-bond acceptors (Lipinski definition) is 5. The number of aromatic nitrogens is 3. The third-order valence-electron chi connectivity index (χ3n) is 5.20. The third kappa shape index (κ3) is 3.55. The number of amides is 1. The summed E-state index contributed by atoms with van der Waals surface area (Å²) >= 11 is 0. The van der Waals surface area contributed by atoms with E-state index in [4.69, 9.17) is 5.73 Å². The molecule has 1 fully saturated rings. The first-order valence-corrected chi connectivity index (χ1v) is 9.44. The molecule has 0 aliphatic carbocycles. The second-order valence-corrected chi connectivity index (χ2v) is 7.09. The maximum atomic E-state index is 13.1. The number of pyridine rings is 1. The molecule has 4 rings (SSSR count). The molecule has 2 N–H and O–H groups in total. The molecule has 3 aromatic rings. The minimum atomic E-state index is -0.0568. The number of hydrogen-bond donors (Lipinski definition) is 1. The molecule has 7 nitrogen and oxygen atoms in total. The van der Waals surface area contributed by atoms with Crippen LogP contribution in [-0.2, 0) is 6.54 Å². The topological polar surface area (TPSA) is 80.3 Å². The highest BCUT2D eigenvalue weighted by molar-refractivity contribution is 5.98. The molecule has 3 heterocycles. The second kappa shape index (κ2) is 7.72. The van der Waals surface area contributed by atoms with Gasteiger partial charge in [-0.2, -0.15) is 5.10 Å². The van der Waals surface area contributed by atoms with E-state index in [0.717, 1.165) is 24.3 Å². The van der Waals surface area contributed by atoms with Gasteiger partial charge < -0.3 is 15.5 Å². The van der Waals surface area contributed by atoms with Gasteiger partial charge in [0.1, 0.15) is 11.4 Å². The number of rotatable bonds is 4.